The van der Waals surface area contributed by atoms with E-state index in [0.29, 0.717) is 37.2 Å². The van der Waals surface area contributed by atoms with E-state index in [1.807, 2.05) is 13.8 Å². The quantitative estimate of drug-likeness (QED) is 0.569. The molecular formula is C24H38O5. The molecule has 0 radical (unpaired) electrons. The lowest BCUT2D eigenvalue weighted by atomic mass is 9.59. The molecule has 3 fully saturated rings. The van der Waals surface area contributed by atoms with E-state index in [9.17, 15) is 9.90 Å². The van der Waals surface area contributed by atoms with E-state index in [2.05, 4.69) is 26.8 Å². The Bertz CT molecular complexity index is 660. The number of carbonyl (C=O) groups is 1. The molecule has 4 rings (SSSR count). The van der Waals surface area contributed by atoms with Crippen molar-refractivity contribution in [3.63, 3.8) is 0 Å². The van der Waals surface area contributed by atoms with Crippen LogP contribution in [0.2, 0.25) is 0 Å². The summed E-state index contributed by atoms with van der Waals surface area (Å²) < 4.78 is 19.3. The molecule has 0 spiro atoms. The number of carbonyl (C=O) groups excluding carboxylic acids is 1. The molecule has 3 aliphatic heterocycles. The summed E-state index contributed by atoms with van der Waals surface area (Å²) in [6.07, 6.45) is 4.95. The second-order valence-corrected chi connectivity index (χ2v) is 10.3. The molecule has 1 saturated carbocycles. The highest BCUT2D eigenvalue weighted by molar-refractivity contribution is 5.69. The zero-order valence-corrected chi connectivity index (χ0v) is 18.6. The Hall–Kier alpha value is -0.910. The van der Waals surface area contributed by atoms with E-state index in [4.69, 9.17) is 14.2 Å². The van der Waals surface area contributed by atoms with E-state index in [0.717, 1.165) is 19.3 Å². The average molecular weight is 407 g/mol. The zero-order chi connectivity index (χ0) is 20.9. The Balaban J connectivity index is 1.77. The Labute approximate surface area is 175 Å². The molecule has 3 heterocycles. The van der Waals surface area contributed by atoms with Gasteiger partial charge in [-0.05, 0) is 57.3 Å². The van der Waals surface area contributed by atoms with Gasteiger partial charge in [-0.15, -0.1) is 0 Å². The van der Waals surface area contributed by atoms with Gasteiger partial charge in [0, 0.05) is 18.3 Å². The largest absolute Gasteiger partial charge is 0.462 e. The van der Waals surface area contributed by atoms with Gasteiger partial charge in [-0.25, -0.2) is 0 Å². The van der Waals surface area contributed by atoms with Crippen LogP contribution in [0.5, 0.6) is 0 Å². The average Bonchev–Trinajstić information content (AvgIpc) is 3.02. The molecule has 10 atom stereocenters. The molecule has 0 aromatic carbocycles. The van der Waals surface area contributed by atoms with Crippen molar-refractivity contribution in [3.8, 4) is 0 Å². The fourth-order valence-corrected chi connectivity index (χ4v) is 6.53. The van der Waals surface area contributed by atoms with Crippen LogP contribution in [0.15, 0.2) is 11.6 Å². The third-order valence-electron chi connectivity index (χ3n) is 8.17. The summed E-state index contributed by atoms with van der Waals surface area (Å²) in [5.74, 6) is 1.47. The van der Waals surface area contributed by atoms with Crippen molar-refractivity contribution >= 4 is 5.97 Å². The van der Waals surface area contributed by atoms with Crippen LogP contribution in [0.25, 0.3) is 0 Å². The maximum Gasteiger partial charge on any atom is 0.306 e. The summed E-state index contributed by atoms with van der Waals surface area (Å²) >= 11 is 0. The molecule has 0 aromatic rings. The standard InChI is InChI=1S/C24H38O5/c1-6-7-19(26)29-22-14(3)11-16-15(4)12-27-24(5)18(25)9-8-13(2)10-17-21(22)20(16)23(24)28-17/h8,14-18,20-23,25H,6-7,9-12H2,1-5H3. The lowest BCUT2D eigenvalue weighted by Gasteiger charge is -2.47. The number of hydrogen-bond acceptors (Lipinski definition) is 5. The van der Waals surface area contributed by atoms with E-state index in [1.54, 1.807) is 0 Å². The first kappa shape index (κ1) is 21.3. The van der Waals surface area contributed by atoms with E-state index in [-0.39, 0.29) is 36.1 Å². The molecule has 2 saturated heterocycles. The maximum atomic E-state index is 12.5. The Morgan fingerprint density at radius 3 is 2.79 bits per heavy atom. The van der Waals surface area contributed by atoms with Gasteiger partial charge in [-0.1, -0.05) is 32.4 Å². The van der Waals surface area contributed by atoms with Crippen molar-refractivity contribution in [2.24, 2.45) is 29.6 Å². The van der Waals surface area contributed by atoms with E-state index in [1.165, 1.54) is 5.57 Å². The summed E-state index contributed by atoms with van der Waals surface area (Å²) in [6.45, 7) is 11.3. The molecule has 164 valence electrons. The van der Waals surface area contributed by atoms with Gasteiger partial charge in [0.25, 0.3) is 0 Å². The molecule has 1 aliphatic carbocycles. The summed E-state index contributed by atoms with van der Waals surface area (Å²) in [5, 5.41) is 11.1. The highest BCUT2D eigenvalue weighted by atomic mass is 16.6. The highest BCUT2D eigenvalue weighted by Gasteiger charge is 2.64. The molecule has 5 heteroatoms. The van der Waals surface area contributed by atoms with Crippen molar-refractivity contribution in [2.75, 3.05) is 6.61 Å². The smallest absolute Gasteiger partial charge is 0.306 e. The third-order valence-corrected chi connectivity index (χ3v) is 8.17. The monoisotopic (exact) mass is 406 g/mol. The topological polar surface area (TPSA) is 65.0 Å². The molecule has 10 unspecified atom stereocenters. The van der Waals surface area contributed by atoms with Gasteiger partial charge in [0.1, 0.15) is 11.7 Å². The second-order valence-electron chi connectivity index (χ2n) is 10.3. The van der Waals surface area contributed by atoms with Crippen LogP contribution in [0.4, 0.5) is 0 Å². The van der Waals surface area contributed by atoms with Crippen molar-refractivity contribution in [2.45, 2.75) is 96.7 Å². The number of ether oxygens (including phenoxy) is 3. The maximum absolute atomic E-state index is 12.5. The van der Waals surface area contributed by atoms with Gasteiger partial charge in [0.2, 0.25) is 0 Å². The molecule has 5 nitrogen and oxygen atoms in total. The summed E-state index contributed by atoms with van der Waals surface area (Å²) in [5.41, 5.74) is 0.499. The van der Waals surface area contributed by atoms with Crippen molar-refractivity contribution in [1.82, 2.24) is 0 Å². The predicted octanol–water partition coefficient (Wildman–Crippen LogP) is 3.88. The Morgan fingerprint density at radius 2 is 2.07 bits per heavy atom. The van der Waals surface area contributed by atoms with Crippen LogP contribution in [0.1, 0.15) is 66.7 Å². The molecule has 4 aliphatic rings. The lowest BCUT2D eigenvalue weighted by molar-refractivity contribution is -0.183. The zero-order valence-electron chi connectivity index (χ0n) is 18.6. The van der Waals surface area contributed by atoms with Gasteiger partial charge < -0.3 is 19.3 Å². The van der Waals surface area contributed by atoms with Gasteiger partial charge in [-0.2, -0.15) is 0 Å². The van der Waals surface area contributed by atoms with Gasteiger partial charge in [0.15, 0.2) is 0 Å². The second kappa shape index (κ2) is 7.97. The fraction of sp³-hybridized carbons (Fsp3) is 0.875. The number of fused-ring (bicyclic) bond motifs is 2. The van der Waals surface area contributed by atoms with Crippen LogP contribution in [0, 0.1) is 29.6 Å². The minimum Gasteiger partial charge on any atom is -0.462 e. The number of rotatable bonds is 3. The predicted molar refractivity (Wildman–Crippen MR) is 110 cm³/mol. The molecular weight excluding hydrogens is 368 g/mol. The first-order valence-corrected chi connectivity index (χ1v) is 11.6. The van der Waals surface area contributed by atoms with Crippen molar-refractivity contribution in [3.05, 3.63) is 11.6 Å². The lowest BCUT2D eigenvalue weighted by Crippen LogP contribution is -2.56. The van der Waals surface area contributed by atoms with Gasteiger partial charge in [-0.3, -0.25) is 4.79 Å². The third kappa shape index (κ3) is 3.57. The molecule has 2 bridgehead atoms. The van der Waals surface area contributed by atoms with Crippen molar-refractivity contribution < 1.29 is 24.1 Å². The summed E-state index contributed by atoms with van der Waals surface area (Å²) in [7, 11) is 0. The van der Waals surface area contributed by atoms with Gasteiger partial charge in [0.05, 0.1) is 24.9 Å². The van der Waals surface area contributed by atoms with Crippen LogP contribution in [-0.2, 0) is 19.0 Å². The fourth-order valence-electron chi connectivity index (χ4n) is 6.53. The van der Waals surface area contributed by atoms with Crippen LogP contribution < -0.4 is 0 Å². The molecule has 29 heavy (non-hydrogen) atoms. The molecule has 0 amide bonds. The minimum absolute atomic E-state index is 0.00412. The number of hydrogen-bond donors (Lipinski definition) is 1. The summed E-state index contributed by atoms with van der Waals surface area (Å²) in [4.78, 5) is 12.5. The van der Waals surface area contributed by atoms with Crippen molar-refractivity contribution in [1.29, 1.82) is 0 Å². The van der Waals surface area contributed by atoms with Crippen LogP contribution in [0.3, 0.4) is 0 Å². The SMILES string of the molecule is CCCC(=O)OC1C(C)CC2C(C)COC3(C)C(O)CC=C(C)CC4OC3C2C41. The Kier molecular flexibility index (Phi) is 5.86. The normalized spacial score (nSPS) is 49.3. The first-order valence-electron chi connectivity index (χ1n) is 11.6. The minimum atomic E-state index is -0.736. The molecule has 1 N–H and O–H groups in total. The number of esters is 1. The Morgan fingerprint density at radius 1 is 1.31 bits per heavy atom. The number of aliphatic hydroxyl groups is 1. The van der Waals surface area contributed by atoms with Crippen LogP contribution in [-0.4, -0.2) is 47.7 Å². The van der Waals surface area contributed by atoms with E-state index >= 15 is 0 Å². The highest BCUT2D eigenvalue weighted by Crippen LogP contribution is 2.57. The number of aliphatic hydroxyl groups excluding tert-OH is 1. The van der Waals surface area contributed by atoms with Crippen LogP contribution >= 0.6 is 0 Å². The van der Waals surface area contributed by atoms with Gasteiger partial charge >= 0.3 is 5.97 Å². The van der Waals surface area contributed by atoms with E-state index < -0.39 is 11.7 Å². The first-order chi connectivity index (χ1) is 13.8. The summed E-state index contributed by atoms with van der Waals surface area (Å²) in [6, 6.07) is 0. The molecule has 0 aromatic heterocycles.